The molecule has 1 aromatic carbocycles. The number of carbonyl (C=O) groups excluding carboxylic acids is 1. The number of amides is 1. The molecule has 1 aliphatic rings. The second-order valence-electron chi connectivity index (χ2n) is 4.77. The van der Waals surface area contributed by atoms with Crippen LogP contribution in [0.15, 0.2) is 18.2 Å². The van der Waals surface area contributed by atoms with Gasteiger partial charge in [0.1, 0.15) is 11.9 Å². The summed E-state index contributed by atoms with van der Waals surface area (Å²) in [6.45, 7) is 0.228. The Hall–Kier alpha value is -2.51. The summed E-state index contributed by atoms with van der Waals surface area (Å²) in [4.78, 5) is 34.3. The van der Waals surface area contributed by atoms with Crippen LogP contribution in [-0.2, 0) is 4.79 Å². The molecule has 0 bridgehead atoms. The minimum Gasteiger partial charge on any atom is -0.480 e. The summed E-state index contributed by atoms with van der Waals surface area (Å²) >= 11 is 0. The number of benzene rings is 1. The van der Waals surface area contributed by atoms with Gasteiger partial charge in [-0.1, -0.05) is 0 Å². The molecule has 1 saturated heterocycles. The molecule has 0 unspecified atom stereocenters. The molecule has 1 heterocycles. The van der Waals surface area contributed by atoms with E-state index in [9.17, 15) is 24.1 Å². The molecule has 8 heteroatoms. The van der Waals surface area contributed by atoms with E-state index in [2.05, 4.69) is 0 Å². The first-order chi connectivity index (χ1) is 9.91. The predicted molar refractivity (Wildman–Crippen MR) is 69.4 cm³/mol. The fraction of sp³-hybridized carbons (Fsp3) is 0.385. The Balaban J connectivity index is 2.30. The number of likely N-dealkylation sites (tertiary alicyclic amines) is 1. The average Bonchev–Trinajstić information content (AvgIpc) is 2.46. The Morgan fingerprint density at radius 2 is 2.10 bits per heavy atom. The number of nitro benzene ring substituents is 1. The zero-order chi connectivity index (χ0) is 15.6. The summed E-state index contributed by atoms with van der Waals surface area (Å²) in [6, 6.07) is 1.72. The number of aliphatic carboxylic acids is 1. The van der Waals surface area contributed by atoms with Crippen molar-refractivity contribution in [1.29, 1.82) is 0 Å². The van der Waals surface area contributed by atoms with Crippen LogP contribution in [0, 0.1) is 15.9 Å². The quantitative estimate of drug-likeness (QED) is 0.677. The topological polar surface area (TPSA) is 101 Å². The summed E-state index contributed by atoms with van der Waals surface area (Å²) in [5, 5.41) is 19.7. The molecule has 1 aliphatic heterocycles. The number of hydrogen-bond donors (Lipinski definition) is 1. The minimum atomic E-state index is -1.13. The van der Waals surface area contributed by atoms with Gasteiger partial charge in [-0.05, 0) is 25.3 Å². The van der Waals surface area contributed by atoms with Gasteiger partial charge in [-0.25, -0.2) is 9.18 Å². The minimum absolute atomic E-state index is 0.228. The number of non-ortho nitro benzene ring substituents is 1. The van der Waals surface area contributed by atoms with Crippen LogP contribution in [-0.4, -0.2) is 39.4 Å². The third-order valence-electron chi connectivity index (χ3n) is 3.44. The monoisotopic (exact) mass is 296 g/mol. The molecule has 1 atom stereocenters. The Labute approximate surface area is 119 Å². The summed E-state index contributed by atoms with van der Waals surface area (Å²) in [5.74, 6) is -2.91. The lowest BCUT2D eigenvalue weighted by Crippen LogP contribution is -2.48. The van der Waals surface area contributed by atoms with E-state index >= 15 is 0 Å². The van der Waals surface area contributed by atoms with Gasteiger partial charge in [0.15, 0.2) is 0 Å². The first kappa shape index (κ1) is 14.9. The smallest absolute Gasteiger partial charge is 0.326 e. The van der Waals surface area contributed by atoms with Crippen molar-refractivity contribution in [2.75, 3.05) is 6.54 Å². The molecule has 1 N–H and O–H groups in total. The highest BCUT2D eigenvalue weighted by molar-refractivity contribution is 5.97. The van der Waals surface area contributed by atoms with Crippen molar-refractivity contribution in [2.24, 2.45) is 0 Å². The van der Waals surface area contributed by atoms with Crippen molar-refractivity contribution in [3.05, 3.63) is 39.7 Å². The maximum absolute atomic E-state index is 13.8. The van der Waals surface area contributed by atoms with Crippen molar-refractivity contribution in [3.63, 3.8) is 0 Å². The normalized spacial score (nSPS) is 18.3. The zero-order valence-corrected chi connectivity index (χ0v) is 11.0. The fourth-order valence-corrected chi connectivity index (χ4v) is 2.38. The molecule has 1 aromatic rings. The van der Waals surface area contributed by atoms with E-state index in [0.717, 1.165) is 17.0 Å². The molecule has 112 valence electrons. The van der Waals surface area contributed by atoms with Crippen LogP contribution in [0.25, 0.3) is 0 Å². The second kappa shape index (κ2) is 5.86. The van der Waals surface area contributed by atoms with Gasteiger partial charge in [-0.15, -0.1) is 0 Å². The summed E-state index contributed by atoms with van der Waals surface area (Å²) in [6.07, 6.45) is 1.64. The largest absolute Gasteiger partial charge is 0.480 e. The molecule has 0 spiro atoms. The highest BCUT2D eigenvalue weighted by Gasteiger charge is 2.33. The lowest BCUT2D eigenvalue weighted by atomic mass is 10.0. The van der Waals surface area contributed by atoms with Crippen molar-refractivity contribution in [2.45, 2.75) is 25.3 Å². The molecule has 0 saturated carbocycles. The molecule has 21 heavy (non-hydrogen) atoms. The summed E-state index contributed by atoms with van der Waals surface area (Å²) in [5.41, 5.74) is -0.814. The van der Waals surface area contributed by atoms with Crippen LogP contribution in [0.1, 0.15) is 29.6 Å². The standard InChI is InChI=1S/C13H13FN2O5/c14-10-7-8(16(20)21)4-5-9(10)12(17)15-6-2-1-3-11(15)13(18)19/h4-5,7,11H,1-3,6H2,(H,18,19)/t11-/m0/s1. The number of carboxylic acids is 1. The molecule has 1 amide bonds. The maximum atomic E-state index is 13.8. The third kappa shape index (κ3) is 2.99. The number of nitrogens with zero attached hydrogens (tertiary/aromatic N) is 2. The number of rotatable bonds is 3. The van der Waals surface area contributed by atoms with Gasteiger partial charge in [-0.3, -0.25) is 14.9 Å². The highest BCUT2D eigenvalue weighted by Crippen LogP contribution is 2.23. The lowest BCUT2D eigenvalue weighted by Gasteiger charge is -2.33. The summed E-state index contributed by atoms with van der Waals surface area (Å²) in [7, 11) is 0. The van der Waals surface area contributed by atoms with Gasteiger partial charge in [0.05, 0.1) is 16.6 Å². The third-order valence-corrected chi connectivity index (χ3v) is 3.44. The van der Waals surface area contributed by atoms with Crippen molar-refractivity contribution < 1.29 is 24.0 Å². The number of carboxylic acid groups (broad SMARTS) is 1. The Kier molecular flexibility index (Phi) is 4.15. The number of halogens is 1. The SMILES string of the molecule is O=C(O)[C@@H]1CCCCN1C(=O)c1ccc([N+](=O)[O-])cc1F. The van der Waals surface area contributed by atoms with Crippen LogP contribution in [0.4, 0.5) is 10.1 Å². The van der Waals surface area contributed by atoms with E-state index in [1.165, 1.54) is 0 Å². The fourth-order valence-electron chi connectivity index (χ4n) is 2.38. The molecule has 0 aromatic heterocycles. The van der Waals surface area contributed by atoms with Crippen LogP contribution in [0.5, 0.6) is 0 Å². The van der Waals surface area contributed by atoms with E-state index in [-0.39, 0.29) is 12.1 Å². The molecule has 2 rings (SSSR count). The van der Waals surface area contributed by atoms with Gasteiger partial charge in [0.2, 0.25) is 0 Å². The Morgan fingerprint density at radius 1 is 1.38 bits per heavy atom. The van der Waals surface area contributed by atoms with Gasteiger partial charge in [0.25, 0.3) is 11.6 Å². The van der Waals surface area contributed by atoms with Gasteiger partial charge >= 0.3 is 5.97 Å². The number of hydrogen-bond acceptors (Lipinski definition) is 4. The van der Waals surface area contributed by atoms with Crippen LogP contribution < -0.4 is 0 Å². The average molecular weight is 296 g/mol. The molecule has 7 nitrogen and oxygen atoms in total. The van der Waals surface area contributed by atoms with E-state index in [1.807, 2.05) is 0 Å². The summed E-state index contributed by atoms with van der Waals surface area (Å²) < 4.78 is 13.8. The number of nitro groups is 1. The Bertz CT molecular complexity index is 604. The maximum Gasteiger partial charge on any atom is 0.326 e. The number of carbonyl (C=O) groups is 2. The van der Waals surface area contributed by atoms with E-state index in [1.54, 1.807) is 0 Å². The van der Waals surface area contributed by atoms with Crippen molar-refractivity contribution in [3.8, 4) is 0 Å². The number of piperidine rings is 1. The molecule has 0 aliphatic carbocycles. The van der Waals surface area contributed by atoms with Gasteiger partial charge in [-0.2, -0.15) is 0 Å². The van der Waals surface area contributed by atoms with Crippen LogP contribution in [0.2, 0.25) is 0 Å². The molecular formula is C13H13FN2O5. The first-order valence-electron chi connectivity index (χ1n) is 6.39. The predicted octanol–water partition coefficient (Wildman–Crippen LogP) is 1.81. The zero-order valence-electron chi connectivity index (χ0n) is 11.0. The first-order valence-corrected chi connectivity index (χ1v) is 6.39. The van der Waals surface area contributed by atoms with E-state index in [4.69, 9.17) is 5.11 Å². The van der Waals surface area contributed by atoms with Crippen molar-refractivity contribution in [1.82, 2.24) is 4.90 Å². The van der Waals surface area contributed by atoms with Gasteiger partial charge < -0.3 is 10.0 Å². The highest BCUT2D eigenvalue weighted by atomic mass is 19.1. The van der Waals surface area contributed by atoms with E-state index in [0.29, 0.717) is 25.3 Å². The van der Waals surface area contributed by atoms with E-state index < -0.39 is 34.3 Å². The van der Waals surface area contributed by atoms with Gasteiger partial charge in [0, 0.05) is 12.6 Å². The molecule has 0 radical (unpaired) electrons. The van der Waals surface area contributed by atoms with Crippen LogP contribution in [0.3, 0.4) is 0 Å². The van der Waals surface area contributed by atoms with Crippen molar-refractivity contribution >= 4 is 17.6 Å². The molecular weight excluding hydrogens is 283 g/mol. The Morgan fingerprint density at radius 3 is 2.67 bits per heavy atom. The van der Waals surface area contributed by atoms with Crippen LogP contribution >= 0.6 is 0 Å². The second-order valence-corrected chi connectivity index (χ2v) is 4.77. The lowest BCUT2D eigenvalue weighted by molar-refractivity contribution is -0.385. The molecule has 1 fully saturated rings.